The van der Waals surface area contributed by atoms with Crippen LogP contribution in [0, 0.1) is 17.8 Å². The van der Waals surface area contributed by atoms with Crippen LogP contribution in [0.5, 0.6) is 0 Å². The molecule has 2 heterocycles. The molecular formula is C13H19N5. The second-order valence-corrected chi connectivity index (χ2v) is 6.28. The van der Waals surface area contributed by atoms with E-state index in [9.17, 15) is 0 Å². The molecule has 5 nitrogen and oxygen atoms in total. The zero-order valence-electron chi connectivity index (χ0n) is 11.5. The molecule has 96 valence electrons. The van der Waals surface area contributed by atoms with Gasteiger partial charge in [-0.15, -0.1) is 0 Å². The van der Waals surface area contributed by atoms with E-state index in [1.54, 1.807) is 4.52 Å². The van der Waals surface area contributed by atoms with Crippen molar-refractivity contribution in [2.75, 3.05) is 5.32 Å². The number of fused-ring (bicyclic) bond motifs is 1. The van der Waals surface area contributed by atoms with Crippen LogP contribution in [-0.2, 0) is 0 Å². The number of hydrogen-bond donors (Lipinski definition) is 1. The Hall–Kier alpha value is -1.65. The summed E-state index contributed by atoms with van der Waals surface area (Å²) in [5.74, 6) is 1.62. The lowest BCUT2D eigenvalue weighted by atomic mass is 10.0. The normalized spacial score (nSPS) is 21.2. The molecular weight excluding hydrogens is 226 g/mol. The summed E-state index contributed by atoms with van der Waals surface area (Å²) in [6.45, 7) is 11.1. The molecule has 18 heavy (non-hydrogen) atoms. The third-order valence-electron chi connectivity index (χ3n) is 4.69. The van der Waals surface area contributed by atoms with Crippen molar-refractivity contribution in [3.8, 4) is 0 Å². The third-order valence-corrected chi connectivity index (χ3v) is 4.69. The van der Waals surface area contributed by atoms with Gasteiger partial charge in [-0.1, -0.05) is 27.7 Å². The van der Waals surface area contributed by atoms with E-state index in [4.69, 9.17) is 0 Å². The van der Waals surface area contributed by atoms with Gasteiger partial charge in [0.2, 0.25) is 0 Å². The molecule has 0 bridgehead atoms. The van der Waals surface area contributed by atoms with Crippen LogP contribution in [0.4, 0.5) is 5.82 Å². The van der Waals surface area contributed by atoms with Crippen LogP contribution in [0.15, 0.2) is 12.4 Å². The fourth-order valence-electron chi connectivity index (χ4n) is 2.74. The highest BCUT2D eigenvalue weighted by molar-refractivity contribution is 5.48. The van der Waals surface area contributed by atoms with Gasteiger partial charge in [-0.2, -0.15) is 14.6 Å². The molecule has 0 aromatic carbocycles. The molecule has 0 unspecified atom stereocenters. The fraction of sp³-hybridized carbons (Fsp3) is 0.615. The molecule has 0 atom stereocenters. The predicted molar refractivity (Wildman–Crippen MR) is 70.5 cm³/mol. The summed E-state index contributed by atoms with van der Waals surface area (Å²) in [4.78, 5) is 8.49. The summed E-state index contributed by atoms with van der Waals surface area (Å²) in [5.41, 5.74) is 1.53. The average Bonchev–Trinajstić information content (AvgIpc) is 2.68. The van der Waals surface area contributed by atoms with E-state index in [0.717, 1.165) is 11.5 Å². The van der Waals surface area contributed by atoms with E-state index < -0.39 is 0 Å². The number of aromatic nitrogens is 4. The van der Waals surface area contributed by atoms with Gasteiger partial charge in [-0.05, 0) is 17.8 Å². The monoisotopic (exact) mass is 245 g/mol. The van der Waals surface area contributed by atoms with Crippen LogP contribution in [0.25, 0.3) is 5.78 Å². The lowest BCUT2D eigenvalue weighted by molar-refractivity contribution is 0.457. The molecule has 3 rings (SSSR count). The van der Waals surface area contributed by atoms with Crippen LogP contribution in [0.3, 0.4) is 0 Å². The quantitative estimate of drug-likeness (QED) is 0.882. The van der Waals surface area contributed by atoms with E-state index >= 15 is 0 Å². The second kappa shape index (κ2) is 3.22. The van der Waals surface area contributed by atoms with Crippen molar-refractivity contribution in [2.45, 2.75) is 40.7 Å². The van der Waals surface area contributed by atoms with Gasteiger partial charge in [-0.3, -0.25) is 0 Å². The van der Waals surface area contributed by atoms with E-state index in [0.29, 0.717) is 11.8 Å². The molecule has 2 aromatic rings. The Balaban J connectivity index is 1.99. The van der Waals surface area contributed by atoms with Crippen LogP contribution >= 0.6 is 0 Å². The summed E-state index contributed by atoms with van der Waals surface area (Å²) < 4.78 is 1.76. The molecule has 0 spiro atoms. The Bertz CT molecular complexity index is 597. The van der Waals surface area contributed by atoms with Crippen LogP contribution in [0.1, 0.15) is 33.4 Å². The largest absolute Gasteiger partial charge is 0.366 e. The van der Waals surface area contributed by atoms with Gasteiger partial charge in [0.25, 0.3) is 5.78 Å². The number of rotatable bonds is 2. The van der Waals surface area contributed by atoms with Crippen molar-refractivity contribution in [3.05, 3.63) is 18.1 Å². The van der Waals surface area contributed by atoms with Crippen LogP contribution in [-0.4, -0.2) is 25.6 Å². The van der Waals surface area contributed by atoms with Gasteiger partial charge in [0.15, 0.2) is 0 Å². The Morgan fingerprint density at radius 2 is 1.89 bits per heavy atom. The zero-order chi connectivity index (χ0) is 13.1. The second-order valence-electron chi connectivity index (χ2n) is 6.28. The first-order valence-corrected chi connectivity index (χ1v) is 6.28. The minimum atomic E-state index is 0.289. The number of nitrogens with one attached hydrogen (secondary N) is 1. The molecule has 1 saturated carbocycles. The predicted octanol–water partition coefficient (Wildman–Crippen LogP) is 2.28. The Labute approximate surface area is 107 Å². The van der Waals surface area contributed by atoms with Crippen molar-refractivity contribution in [2.24, 2.45) is 10.8 Å². The molecule has 0 aliphatic heterocycles. The Morgan fingerprint density at radius 1 is 1.22 bits per heavy atom. The summed E-state index contributed by atoms with van der Waals surface area (Å²) in [5, 5.41) is 7.80. The zero-order valence-corrected chi connectivity index (χ0v) is 11.5. The lowest BCUT2D eigenvalue weighted by Gasteiger charge is -2.10. The van der Waals surface area contributed by atoms with E-state index in [1.165, 1.54) is 6.33 Å². The van der Waals surface area contributed by atoms with E-state index in [-0.39, 0.29) is 10.8 Å². The molecule has 0 saturated heterocycles. The first-order valence-electron chi connectivity index (χ1n) is 6.28. The number of hydrogen-bond acceptors (Lipinski definition) is 4. The minimum absolute atomic E-state index is 0.289. The van der Waals surface area contributed by atoms with Gasteiger partial charge >= 0.3 is 0 Å². The highest BCUT2D eigenvalue weighted by atomic mass is 15.4. The minimum Gasteiger partial charge on any atom is -0.366 e. The highest BCUT2D eigenvalue weighted by Crippen LogP contribution is 2.63. The molecule has 0 radical (unpaired) electrons. The summed E-state index contributed by atoms with van der Waals surface area (Å²) in [6, 6.07) is 2.46. The van der Waals surface area contributed by atoms with Crippen molar-refractivity contribution in [1.29, 1.82) is 0 Å². The summed E-state index contributed by atoms with van der Waals surface area (Å²) in [7, 11) is 0. The molecule has 0 amide bonds. The first kappa shape index (κ1) is 11.4. The maximum Gasteiger partial charge on any atom is 0.254 e. The molecule has 2 aromatic heterocycles. The van der Waals surface area contributed by atoms with E-state index in [2.05, 4.69) is 48.1 Å². The van der Waals surface area contributed by atoms with Gasteiger partial charge in [-0.25, -0.2) is 4.98 Å². The first-order chi connectivity index (χ1) is 8.34. The highest BCUT2D eigenvalue weighted by Gasteiger charge is 2.65. The molecule has 1 N–H and O–H groups in total. The number of aryl methyl sites for hydroxylation is 1. The van der Waals surface area contributed by atoms with Crippen molar-refractivity contribution < 1.29 is 0 Å². The molecule has 1 fully saturated rings. The van der Waals surface area contributed by atoms with Crippen LogP contribution < -0.4 is 5.32 Å². The van der Waals surface area contributed by atoms with Gasteiger partial charge in [0.05, 0.1) is 0 Å². The van der Waals surface area contributed by atoms with Crippen LogP contribution in [0.2, 0.25) is 0 Å². The van der Waals surface area contributed by atoms with Crippen molar-refractivity contribution in [1.82, 2.24) is 19.6 Å². The Morgan fingerprint density at radius 3 is 2.50 bits per heavy atom. The van der Waals surface area contributed by atoms with E-state index in [1.807, 2.05) is 13.0 Å². The molecule has 1 aliphatic carbocycles. The SMILES string of the molecule is Cc1cc(NC2C(C)(C)C2(C)C)n2ncnc2n1. The summed E-state index contributed by atoms with van der Waals surface area (Å²) >= 11 is 0. The number of nitrogens with zero attached hydrogens (tertiary/aromatic N) is 4. The lowest BCUT2D eigenvalue weighted by Crippen LogP contribution is -2.14. The third kappa shape index (κ3) is 1.36. The standard InChI is InChI=1S/C13H19N5/c1-8-6-9(18-11(16-8)14-7-15-18)17-10-12(2,3)13(10,4)5/h6-7,10,17H,1-5H3. The van der Waals surface area contributed by atoms with Gasteiger partial charge < -0.3 is 5.32 Å². The summed E-state index contributed by atoms with van der Waals surface area (Å²) in [6.07, 6.45) is 1.54. The topological polar surface area (TPSA) is 55.1 Å². The molecule has 1 aliphatic rings. The molecule has 5 heteroatoms. The number of anilines is 1. The maximum atomic E-state index is 4.35. The van der Waals surface area contributed by atoms with Gasteiger partial charge in [0.1, 0.15) is 12.1 Å². The average molecular weight is 245 g/mol. The smallest absolute Gasteiger partial charge is 0.254 e. The Kier molecular flexibility index (Phi) is 2.04. The van der Waals surface area contributed by atoms with Crippen molar-refractivity contribution in [3.63, 3.8) is 0 Å². The maximum absolute atomic E-state index is 4.35. The van der Waals surface area contributed by atoms with Crippen molar-refractivity contribution >= 4 is 11.6 Å². The van der Waals surface area contributed by atoms with Gasteiger partial charge in [0, 0.05) is 17.8 Å². The fourth-order valence-corrected chi connectivity index (χ4v) is 2.74.